The summed E-state index contributed by atoms with van der Waals surface area (Å²) in [6.45, 7) is 0.105. The van der Waals surface area contributed by atoms with Crippen molar-refractivity contribution in [1.29, 1.82) is 0 Å². The van der Waals surface area contributed by atoms with Crippen LogP contribution >= 0.6 is 7.60 Å². The fraction of sp³-hybridized carbons (Fsp3) is 0.444. The minimum Gasteiger partial charge on any atom is -0.811 e. The Labute approximate surface area is 169 Å². The van der Waals surface area contributed by atoms with Crippen LogP contribution in [-0.4, -0.2) is 36.9 Å². The molecule has 0 bridgehead atoms. The predicted octanol–water partition coefficient (Wildman–Crippen LogP) is -7.78. The van der Waals surface area contributed by atoms with E-state index in [4.69, 9.17) is 5.73 Å². The number of nitrogens with zero attached hydrogens (tertiary/aromatic N) is 4. The zero-order chi connectivity index (χ0) is 14.9. The number of nitrogen functional groups attached to an aromatic ring is 1. The number of anilines is 1. The molecule has 0 aromatic carbocycles. The van der Waals surface area contributed by atoms with E-state index in [1.54, 1.807) is 0 Å². The Morgan fingerprint density at radius 2 is 2.05 bits per heavy atom. The van der Waals surface area contributed by atoms with Gasteiger partial charge in [0.1, 0.15) is 5.52 Å². The van der Waals surface area contributed by atoms with Gasteiger partial charge in [-0.15, -0.1) is 0 Å². The molecule has 0 unspecified atom stereocenters. The molecule has 3 N–H and O–H groups in total. The normalized spacial score (nSPS) is 12.5. The van der Waals surface area contributed by atoms with Crippen molar-refractivity contribution in [1.82, 2.24) is 19.5 Å². The van der Waals surface area contributed by atoms with Gasteiger partial charge in [0.2, 0.25) is 0 Å². The number of aliphatic hydroxyl groups is 1. The Hall–Kier alpha value is 0.390. The average Bonchev–Trinajstić information content (AvgIpc) is 2.67. The van der Waals surface area contributed by atoms with Crippen LogP contribution in [0.25, 0.3) is 11.2 Å². The second kappa shape index (κ2) is 9.03. The molecule has 9 nitrogen and oxygen atoms in total. The van der Waals surface area contributed by atoms with E-state index in [0.717, 1.165) is 0 Å². The van der Waals surface area contributed by atoms with E-state index < -0.39 is 25.9 Å². The number of halogens is 1. The van der Waals surface area contributed by atoms with Gasteiger partial charge in [0, 0.05) is 12.7 Å². The van der Waals surface area contributed by atoms with Crippen LogP contribution in [0.1, 0.15) is 6.42 Å². The molecule has 0 fully saturated rings. The largest absolute Gasteiger partial charge is 1.00 e. The average molecular weight is 349 g/mol. The second-order valence-electron chi connectivity index (χ2n) is 4.22. The molecule has 0 spiro atoms. The molecule has 110 valence electrons. The zero-order valence-electron chi connectivity index (χ0n) is 12.1. The van der Waals surface area contributed by atoms with Crippen molar-refractivity contribution in [3.05, 3.63) is 12.4 Å². The van der Waals surface area contributed by atoms with Crippen LogP contribution < -0.4 is 74.6 Å². The first-order chi connectivity index (χ1) is 9.26. The monoisotopic (exact) mass is 349 g/mol. The van der Waals surface area contributed by atoms with E-state index in [1.165, 1.54) is 10.9 Å². The maximum absolute atomic E-state index is 13.1. The number of aliphatic hydroxyl groups excluding tert-OH is 1. The zero-order valence-corrected chi connectivity index (χ0v) is 17.0. The summed E-state index contributed by atoms with van der Waals surface area (Å²) < 4.78 is 25.0. The fourth-order valence-electron chi connectivity index (χ4n) is 1.74. The number of fused-ring (bicyclic) bond motifs is 1. The molecule has 2 heterocycles. The topological polar surface area (TPSA) is 153 Å². The molecule has 22 heavy (non-hydrogen) atoms. The molecule has 13 heteroatoms. The van der Waals surface area contributed by atoms with Gasteiger partial charge < -0.3 is 29.8 Å². The third kappa shape index (κ3) is 6.12. The molecular formula is C9H11FN5Na2O4P. The molecule has 2 aromatic heterocycles. The van der Waals surface area contributed by atoms with Gasteiger partial charge in [0.15, 0.2) is 11.5 Å². The number of nitrogens with two attached hydrogens (primary N) is 1. The van der Waals surface area contributed by atoms with Gasteiger partial charge in [-0.1, -0.05) is 7.60 Å². The number of imidazole rings is 1. The van der Waals surface area contributed by atoms with Crippen molar-refractivity contribution < 1.29 is 83.0 Å². The van der Waals surface area contributed by atoms with Gasteiger partial charge >= 0.3 is 65.2 Å². The summed E-state index contributed by atoms with van der Waals surface area (Å²) in [5.74, 6) is -0.115. The summed E-state index contributed by atoms with van der Waals surface area (Å²) in [5, 5.41) is 9.43. The number of rotatable bonds is 5. The smallest absolute Gasteiger partial charge is 0.811 e. The summed E-state index contributed by atoms with van der Waals surface area (Å²) in [6, 6.07) is 0. The van der Waals surface area contributed by atoms with Crippen LogP contribution in [0.15, 0.2) is 6.33 Å². The van der Waals surface area contributed by atoms with Gasteiger partial charge in [-0.05, 0) is 6.42 Å². The first-order valence-electron chi connectivity index (χ1n) is 5.59. The van der Waals surface area contributed by atoms with Crippen LogP contribution in [0.3, 0.4) is 0 Å². The number of hydrogen-bond acceptors (Lipinski definition) is 8. The molecule has 2 rings (SSSR count). The van der Waals surface area contributed by atoms with Gasteiger partial charge in [0.25, 0.3) is 0 Å². The quantitative estimate of drug-likeness (QED) is 0.307. The van der Waals surface area contributed by atoms with Gasteiger partial charge in [-0.3, -0.25) is 0 Å². The predicted molar refractivity (Wildman–Crippen MR) is 62.8 cm³/mol. The second-order valence-corrected chi connectivity index (χ2v) is 5.81. The Bertz CT molecular complexity index is 681. The van der Waals surface area contributed by atoms with E-state index >= 15 is 0 Å². The summed E-state index contributed by atoms with van der Waals surface area (Å²) >= 11 is 0. The summed E-state index contributed by atoms with van der Waals surface area (Å²) in [6.07, 6.45) is -1.88. The molecule has 0 amide bonds. The number of hydrogen-bond donors (Lipinski definition) is 2. The van der Waals surface area contributed by atoms with Gasteiger partial charge in [0.05, 0.1) is 12.4 Å². The SMILES string of the molecule is Nc1nc(F)nc2c1ncn2CC[C@@H](O)CP(=O)([O-])[O-].[Na+].[Na+]. The van der Waals surface area contributed by atoms with Crippen LogP contribution in [0, 0.1) is 6.08 Å². The minimum atomic E-state index is -4.77. The van der Waals surface area contributed by atoms with Crippen molar-refractivity contribution in [3.63, 3.8) is 0 Å². The van der Waals surface area contributed by atoms with Crippen LogP contribution in [0.5, 0.6) is 0 Å². The fourth-order valence-corrected chi connectivity index (χ4v) is 2.44. The molecular weight excluding hydrogens is 338 g/mol. The molecule has 0 aliphatic heterocycles. The summed E-state index contributed by atoms with van der Waals surface area (Å²) in [7, 11) is -4.77. The van der Waals surface area contributed by atoms with Crippen molar-refractivity contribution in [2.75, 3.05) is 11.9 Å². The third-order valence-electron chi connectivity index (χ3n) is 2.60. The standard InChI is InChI=1S/C9H13FN5O4P.2Na/c10-9-13-7(11)6-8(14-9)15(4-12-6)2-1-5(16)3-20(17,18)19;;/h4-5,16H,1-3H2,(H2,11,13,14)(H2,17,18,19);;/q;2*+1/p-2/t5-;;/m1../s1. The van der Waals surface area contributed by atoms with Crippen LogP contribution in [0.4, 0.5) is 10.2 Å². The molecule has 1 atom stereocenters. The van der Waals surface area contributed by atoms with E-state index in [-0.39, 0.29) is 89.1 Å². The Balaban J connectivity index is 0.00000220. The molecule has 0 saturated heterocycles. The summed E-state index contributed by atoms with van der Waals surface area (Å²) in [4.78, 5) is 31.8. The molecule has 0 aliphatic rings. The molecule has 0 saturated carbocycles. The molecule has 2 aromatic rings. The molecule has 0 aliphatic carbocycles. The van der Waals surface area contributed by atoms with Crippen molar-refractivity contribution in [2.24, 2.45) is 0 Å². The number of aromatic nitrogens is 4. The van der Waals surface area contributed by atoms with Crippen LogP contribution in [-0.2, 0) is 11.1 Å². The number of aryl methyl sites for hydroxylation is 1. The van der Waals surface area contributed by atoms with E-state index in [2.05, 4.69) is 15.0 Å². The van der Waals surface area contributed by atoms with E-state index in [0.29, 0.717) is 0 Å². The third-order valence-corrected chi connectivity index (χ3v) is 3.47. The maximum Gasteiger partial charge on any atom is 1.00 e. The first kappa shape index (κ1) is 22.4. The van der Waals surface area contributed by atoms with Crippen molar-refractivity contribution in [3.8, 4) is 0 Å². The van der Waals surface area contributed by atoms with Crippen molar-refractivity contribution >= 4 is 24.6 Å². The maximum atomic E-state index is 13.1. The van der Waals surface area contributed by atoms with E-state index in [9.17, 15) is 23.8 Å². The first-order valence-corrected chi connectivity index (χ1v) is 7.32. The van der Waals surface area contributed by atoms with E-state index in [1.807, 2.05) is 0 Å². The van der Waals surface area contributed by atoms with Gasteiger partial charge in [-0.25, -0.2) is 4.98 Å². The Morgan fingerprint density at radius 3 is 2.64 bits per heavy atom. The van der Waals surface area contributed by atoms with Crippen molar-refractivity contribution in [2.45, 2.75) is 19.1 Å². The Morgan fingerprint density at radius 1 is 1.41 bits per heavy atom. The molecule has 0 radical (unpaired) electrons. The van der Waals surface area contributed by atoms with Gasteiger partial charge in [-0.2, -0.15) is 14.4 Å². The van der Waals surface area contributed by atoms with Crippen LogP contribution in [0.2, 0.25) is 0 Å². The summed E-state index contributed by atoms with van der Waals surface area (Å²) in [5.41, 5.74) is 5.82. The minimum absolute atomic E-state index is 0. The Kier molecular flexibility index (Phi) is 9.19.